The molecule has 218 valence electrons. The average molecular weight is 537 g/mol. The minimum absolute atomic E-state index is 0. The summed E-state index contributed by atoms with van der Waals surface area (Å²) < 4.78 is 0. The Hall–Kier alpha value is -2.20. The summed E-state index contributed by atoms with van der Waals surface area (Å²) in [5.41, 5.74) is 5.78. The Labute approximate surface area is 229 Å². The molecule has 38 heavy (non-hydrogen) atoms. The van der Waals surface area contributed by atoms with Crippen molar-refractivity contribution in [3.63, 3.8) is 0 Å². The van der Waals surface area contributed by atoms with Gasteiger partial charge in [0.05, 0.1) is 25.2 Å². The van der Waals surface area contributed by atoms with Gasteiger partial charge in [0.15, 0.2) is 0 Å². The highest BCUT2D eigenvalue weighted by atomic mass is 16.2. The van der Waals surface area contributed by atoms with Crippen LogP contribution in [0.4, 0.5) is 0 Å². The summed E-state index contributed by atoms with van der Waals surface area (Å²) in [5.74, 6) is 0.246. The molecule has 10 heteroatoms. The number of carbonyl (C=O) groups is 4. The zero-order chi connectivity index (χ0) is 26.6. The molecule has 0 aromatic rings. The lowest BCUT2D eigenvalue weighted by atomic mass is 10.1. The molecular formula is C28H52N6O4. The molecule has 0 aromatic heterocycles. The highest BCUT2D eigenvalue weighted by Gasteiger charge is 2.30. The van der Waals surface area contributed by atoms with Crippen molar-refractivity contribution in [3.05, 3.63) is 0 Å². The molecule has 0 saturated carbocycles. The van der Waals surface area contributed by atoms with Crippen LogP contribution in [0.25, 0.3) is 0 Å². The lowest BCUT2D eigenvalue weighted by molar-refractivity contribution is -0.140. The van der Waals surface area contributed by atoms with E-state index >= 15 is 0 Å². The number of hydrogen-bond acceptors (Lipinski definition) is 6. The second-order valence-corrected chi connectivity index (χ2v) is 10.8. The van der Waals surface area contributed by atoms with E-state index in [1.54, 1.807) is 9.80 Å². The fraction of sp³-hybridized carbons (Fsp3) is 0.857. The van der Waals surface area contributed by atoms with E-state index in [1.165, 1.54) is 0 Å². The molecule has 0 bridgehead atoms. The van der Waals surface area contributed by atoms with Gasteiger partial charge in [-0.2, -0.15) is 0 Å². The predicted octanol–water partition coefficient (Wildman–Crippen LogP) is 1.57. The third kappa shape index (κ3) is 9.52. The van der Waals surface area contributed by atoms with Crippen LogP contribution >= 0.6 is 0 Å². The third-order valence-electron chi connectivity index (χ3n) is 7.81. The molecule has 4 rings (SSSR count). The minimum atomic E-state index is -0.413. The summed E-state index contributed by atoms with van der Waals surface area (Å²) in [7, 11) is 0. The van der Waals surface area contributed by atoms with Crippen LogP contribution in [0.1, 0.15) is 85.0 Å². The number of likely N-dealkylation sites (tertiary alicyclic amines) is 4. The van der Waals surface area contributed by atoms with Crippen LogP contribution in [0, 0.1) is 0 Å². The average Bonchev–Trinajstić information content (AvgIpc) is 3.58. The molecule has 2 atom stereocenters. The topological polar surface area (TPSA) is 119 Å². The van der Waals surface area contributed by atoms with E-state index in [1.807, 2.05) is 9.80 Å². The van der Waals surface area contributed by atoms with Crippen LogP contribution in [0.15, 0.2) is 0 Å². The number of rotatable bonds is 7. The first-order chi connectivity index (χ1) is 17.9. The molecule has 0 spiro atoms. The van der Waals surface area contributed by atoms with E-state index in [0.29, 0.717) is 6.54 Å². The number of nitrogens with one attached hydrogen (secondary N) is 1. The quantitative estimate of drug-likeness (QED) is 0.510. The number of amides is 4. The second kappa shape index (κ2) is 16.7. The van der Waals surface area contributed by atoms with Gasteiger partial charge in [0.25, 0.3) is 0 Å². The van der Waals surface area contributed by atoms with Crippen LogP contribution in [-0.2, 0) is 19.2 Å². The molecule has 4 aliphatic rings. The molecule has 4 aliphatic heterocycles. The molecule has 10 nitrogen and oxygen atoms in total. The van der Waals surface area contributed by atoms with Crippen molar-refractivity contribution in [1.82, 2.24) is 24.9 Å². The Bertz CT molecular complexity index is 766. The largest absolute Gasteiger partial charge is 0.341 e. The number of carbonyl (C=O) groups excluding carboxylic acids is 4. The van der Waals surface area contributed by atoms with Gasteiger partial charge >= 0.3 is 0 Å². The first-order valence-electron chi connectivity index (χ1n) is 14.5. The van der Waals surface area contributed by atoms with Gasteiger partial charge in [-0.3, -0.25) is 19.2 Å². The monoisotopic (exact) mass is 536 g/mol. The van der Waals surface area contributed by atoms with Crippen LogP contribution in [-0.4, -0.2) is 114 Å². The molecule has 0 aromatic carbocycles. The first kappa shape index (κ1) is 32.0. The van der Waals surface area contributed by atoms with Crippen molar-refractivity contribution in [1.29, 1.82) is 0 Å². The maximum absolute atomic E-state index is 12.5. The van der Waals surface area contributed by atoms with E-state index in [-0.39, 0.29) is 50.2 Å². The molecular weight excluding hydrogens is 484 g/mol. The standard InChI is InChI=1S/C15H27N3O2.C12H21N3O2.CH4/c1-2-8-16-13-7-3-4-11-18(15(13)20)12-14(19)17-9-5-6-10-17;13-10-5-1-2-8-15(12(10)17)9-11(16)14-6-3-4-7-14;/h13,16H,2-12H2,1H3;10H,1-9,13H2;1H4/t13-;10-;/m00./s1. The van der Waals surface area contributed by atoms with Gasteiger partial charge in [-0.15, -0.1) is 0 Å². The van der Waals surface area contributed by atoms with Crippen LogP contribution in [0.3, 0.4) is 0 Å². The Balaban J connectivity index is 0.000000263. The van der Waals surface area contributed by atoms with E-state index in [9.17, 15) is 19.2 Å². The van der Waals surface area contributed by atoms with E-state index in [0.717, 1.165) is 110 Å². The van der Waals surface area contributed by atoms with Crippen molar-refractivity contribution in [2.45, 2.75) is 97.1 Å². The van der Waals surface area contributed by atoms with Gasteiger partial charge < -0.3 is 30.7 Å². The third-order valence-corrected chi connectivity index (χ3v) is 7.81. The second-order valence-electron chi connectivity index (χ2n) is 10.8. The maximum atomic E-state index is 12.5. The van der Waals surface area contributed by atoms with Crippen molar-refractivity contribution in [2.24, 2.45) is 5.73 Å². The Morgan fingerprint density at radius 3 is 1.68 bits per heavy atom. The summed E-state index contributed by atoms with van der Waals surface area (Å²) in [4.78, 5) is 55.7. The lowest BCUT2D eigenvalue weighted by Crippen LogP contribution is -2.49. The molecule has 4 heterocycles. The predicted molar refractivity (Wildman–Crippen MR) is 149 cm³/mol. The summed E-state index contributed by atoms with van der Waals surface area (Å²) in [6, 6.07) is -0.507. The van der Waals surface area contributed by atoms with Crippen LogP contribution in [0.5, 0.6) is 0 Å². The summed E-state index contributed by atoms with van der Waals surface area (Å²) in [5, 5.41) is 3.32. The van der Waals surface area contributed by atoms with Crippen molar-refractivity contribution >= 4 is 23.6 Å². The summed E-state index contributed by atoms with van der Waals surface area (Å²) >= 11 is 0. The minimum Gasteiger partial charge on any atom is -0.341 e. The van der Waals surface area contributed by atoms with Crippen molar-refractivity contribution in [3.8, 4) is 0 Å². The molecule has 4 saturated heterocycles. The highest BCUT2D eigenvalue weighted by Crippen LogP contribution is 2.15. The Kier molecular flexibility index (Phi) is 14.1. The van der Waals surface area contributed by atoms with Gasteiger partial charge in [0.2, 0.25) is 23.6 Å². The van der Waals surface area contributed by atoms with Crippen LogP contribution in [0.2, 0.25) is 0 Å². The zero-order valence-corrected chi connectivity index (χ0v) is 22.8. The Morgan fingerprint density at radius 1 is 0.737 bits per heavy atom. The van der Waals surface area contributed by atoms with Gasteiger partial charge in [0, 0.05) is 39.3 Å². The zero-order valence-electron chi connectivity index (χ0n) is 22.8. The molecule has 0 radical (unpaired) electrons. The summed E-state index contributed by atoms with van der Waals surface area (Å²) in [6.45, 7) is 8.24. The van der Waals surface area contributed by atoms with Gasteiger partial charge in [-0.1, -0.05) is 14.4 Å². The van der Waals surface area contributed by atoms with Gasteiger partial charge in [-0.05, 0) is 77.2 Å². The van der Waals surface area contributed by atoms with E-state index in [4.69, 9.17) is 5.73 Å². The van der Waals surface area contributed by atoms with Crippen LogP contribution < -0.4 is 11.1 Å². The fourth-order valence-corrected chi connectivity index (χ4v) is 5.52. The SMILES string of the molecule is C.CCCN[C@H]1CCCCN(CC(=O)N2CCCC2)C1=O.N[C@H]1CCCCN(CC(=O)N2CCCC2)C1=O. The highest BCUT2D eigenvalue weighted by molar-refractivity contribution is 5.88. The summed E-state index contributed by atoms with van der Waals surface area (Å²) in [6.07, 6.45) is 11.0. The molecule has 0 aliphatic carbocycles. The van der Waals surface area contributed by atoms with Crippen molar-refractivity contribution < 1.29 is 19.2 Å². The molecule has 4 amide bonds. The maximum Gasteiger partial charge on any atom is 0.242 e. The van der Waals surface area contributed by atoms with Gasteiger partial charge in [-0.25, -0.2) is 0 Å². The van der Waals surface area contributed by atoms with Crippen molar-refractivity contribution in [2.75, 3.05) is 58.9 Å². The van der Waals surface area contributed by atoms with E-state index < -0.39 is 6.04 Å². The van der Waals surface area contributed by atoms with Gasteiger partial charge in [0.1, 0.15) is 0 Å². The first-order valence-corrected chi connectivity index (χ1v) is 14.5. The Morgan fingerprint density at radius 2 is 1.18 bits per heavy atom. The smallest absolute Gasteiger partial charge is 0.242 e. The molecule has 4 fully saturated rings. The number of nitrogens with two attached hydrogens (primary N) is 1. The molecule has 0 unspecified atom stereocenters. The number of hydrogen-bond donors (Lipinski definition) is 2. The van der Waals surface area contributed by atoms with E-state index in [2.05, 4.69) is 12.2 Å². The fourth-order valence-electron chi connectivity index (χ4n) is 5.52. The number of nitrogens with zero attached hydrogens (tertiary/aromatic N) is 4. The normalized spacial score (nSPS) is 24.4. The lowest BCUT2D eigenvalue weighted by Gasteiger charge is -2.26. The molecule has 3 N–H and O–H groups in total.